The normalized spacial score (nSPS) is 19.6. The van der Waals surface area contributed by atoms with E-state index in [2.05, 4.69) is 0 Å². The predicted octanol–water partition coefficient (Wildman–Crippen LogP) is 0.427. The number of carboxylic acid groups (broad SMARTS) is 1. The summed E-state index contributed by atoms with van der Waals surface area (Å²) >= 11 is 0. The molecule has 6 heteroatoms. The van der Waals surface area contributed by atoms with Crippen LogP contribution in [-0.4, -0.2) is 34.5 Å². The number of carbonyl (C=O) groups excluding carboxylic acids is 1. The molecule has 1 amide bonds. The molecule has 6 nitrogen and oxygen atoms in total. The fourth-order valence-corrected chi connectivity index (χ4v) is 2.01. The lowest BCUT2D eigenvalue weighted by Crippen LogP contribution is -2.40. The van der Waals surface area contributed by atoms with Gasteiger partial charge in [0.05, 0.1) is 6.54 Å². The molecule has 0 radical (unpaired) electrons. The van der Waals surface area contributed by atoms with Gasteiger partial charge in [0.15, 0.2) is 5.76 Å². The molecule has 0 unspecified atom stereocenters. The molecule has 1 aliphatic rings. The van der Waals surface area contributed by atoms with Gasteiger partial charge in [-0.25, -0.2) is 4.79 Å². The summed E-state index contributed by atoms with van der Waals surface area (Å²) in [6.45, 7) is 0.671. The molecule has 1 saturated heterocycles. The topological polar surface area (TPSA) is 96.8 Å². The first-order chi connectivity index (χ1) is 8.13. The van der Waals surface area contributed by atoms with Crippen LogP contribution in [0.1, 0.15) is 29.2 Å². The smallest absolute Gasteiger partial charge is 0.326 e. The van der Waals surface area contributed by atoms with Crippen LogP contribution >= 0.6 is 0 Å². The third kappa shape index (κ3) is 2.16. The van der Waals surface area contributed by atoms with E-state index in [-0.39, 0.29) is 18.2 Å². The Hall–Kier alpha value is -1.82. The molecule has 17 heavy (non-hydrogen) atoms. The van der Waals surface area contributed by atoms with E-state index in [1.165, 1.54) is 11.0 Å². The summed E-state index contributed by atoms with van der Waals surface area (Å²) in [4.78, 5) is 24.3. The van der Waals surface area contributed by atoms with Crippen LogP contribution in [0.25, 0.3) is 0 Å². The Balaban J connectivity index is 2.16. The van der Waals surface area contributed by atoms with Gasteiger partial charge in [-0.1, -0.05) is 0 Å². The highest BCUT2D eigenvalue weighted by Gasteiger charge is 2.35. The molecule has 92 valence electrons. The Morgan fingerprint density at radius 2 is 2.29 bits per heavy atom. The highest BCUT2D eigenvalue weighted by Crippen LogP contribution is 2.21. The van der Waals surface area contributed by atoms with E-state index in [1.807, 2.05) is 0 Å². The molecule has 0 saturated carbocycles. The summed E-state index contributed by atoms with van der Waals surface area (Å²) in [5.41, 5.74) is 5.38. The number of rotatable bonds is 3. The fourth-order valence-electron chi connectivity index (χ4n) is 2.01. The van der Waals surface area contributed by atoms with Crippen LogP contribution in [0.3, 0.4) is 0 Å². The van der Waals surface area contributed by atoms with Crippen molar-refractivity contribution < 1.29 is 19.1 Å². The quantitative estimate of drug-likeness (QED) is 0.795. The minimum absolute atomic E-state index is 0.151. The zero-order chi connectivity index (χ0) is 12.4. The second kappa shape index (κ2) is 4.58. The van der Waals surface area contributed by atoms with Gasteiger partial charge in [-0.15, -0.1) is 0 Å². The monoisotopic (exact) mass is 238 g/mol. The van der Waals surface area contributed by atoms with Crippen LogP contribution in [0.5, 0.6) is 0 Å². The van der Waals surface area contributed by atoms with Gasteiger partial charge in [0.2, 0.25) is 0 Å². The van der Waals surface area contributed by atoms with Crippen LogP contribution in [0.2, 0.25) is 0 Å². The van der Waals surface area contributed by atoms with Crippen molar-refractivity contribution in [2.75, 3.05) is 6.54 Å². The first-order valence-corrected chi connectivity index (χ1v) is 5.46. The first-order valence-electron chi connectivity index (χ1n) is 5.46. The standard InChI is InChI=1S/C11H14N2O4/c12-6-7-3-4-9(17-7)10(14)13-5-1-2-8(13)11(15)16/h3-4,8H,1-2,5-6,12H2,(H,15,16)/t8-/m0/s1. The number of amides is 1. The fraction of sp³-hybridized carbons (Fsp3) is 0.455. The first kappa shape index (κ1) is 11.7. The maximum absolute atomic E-state index is 12.0. The van der Waals surface area contributed by atoms with E-state index in [9.17, 15) is 9.59 Å². The van der Waals surface area contributed by atoms with E-state index in [0.717, 1.165) is 0 Å². The predicted molar refractivity (Wildman–Crippen MR) is 58.3 cm³/mol. The third-order valence-electron chi connectivity index (χ3n) is 2.87. The van der Waals surface area contributed by atoms with E-state index >= 15 is 0 Å². The van der Waals surface area contributed by atoms with Gasteiger partial charge < -0.3 is 20.2 Å². The van der Waals surface area contributed by atoms with E-state index in [4.69, 9.17) is 15.3 Å². The number of hydrogen-bond acceptors (Lipinski definition) is 4. The average Bonchev–Trinajstić information content (AvgIpc) is 2.97. The largest absolute Gasteiger partial charge is 0.480 e. The van der Waals surface area contributed by atoms with Gasteiger partial charge in [-0.05, 0) is 25.0 Å². The minimum atomic E-state index is -0.971. The Morgan fingerprint density at radius 1 is 1.53 bits per heavy atom. The Kier molecular flexibility index (Phi) is 3.14. The molecule has 0 aliphatic carbocycles. The SMILES string of the molecule is NCc1ccc(C(=O)N2CCC[C@H]2C(=O)O)o1. The summed E-state index contributed by atoms with van der Waals surface area (Å²) in [6, 6.07) is 2.41. The molecule has 1 aromatic rings. The number of nitrogens with two attached hydrogens (primary N) is 1. The molecule has 1 aromatic heterocycles. The van der Waals surface area contributed by atoms with E-state index in [1.54, 1.807) is 6.07 Å². The zero-order valence-corrected chi connectivity index (χ0v) is 9.26. The molecule has 0 bridgehead atoms. The van der Waals surface area contributed by atoms with Crippen molar-refractivity contribution in [3.63, 3.8) is 0 Å². The number of hydrogen-bond donors (Lipinski definition) is 2. The van der Waals surface area contributed by atoms with Crippen molar-refractivity contribution in [3.8, 4) is 0 Å². The number of aliphatic carboxylic acids is 1. The number of likely N-dealkylation sites (tertiary alicyclic amines) is 1. The summed E-state index contributed by atoms with van der Waals surface area (Å²) in [6.07, 6.45) is 1.19. The molecular formula is C11H14N2O4. The van der Waals surface area contributed by atoms with Gasteiger partial charge in [0, 0.05) is 6.54 Å². The summed E-state index contributed by atoms with van der Waals surface area (Å²) in [7, 11) is 0. The van der Waals surface area contributed by atoms with Crippen LogP contribution in [-0.2, 0) is 11.3 Å². The van der Waals surface area contributed by atoms with Crippen LogP contribution in [0.4, 0.5) is 0 Å². The van der Waals surface area contributed by atoms with Gasteiger partial charge in [0.1, 0.15) is 11.8 Å². The van der Waals surface area contributed by atoms with E-state index < -0.39 is 12.0 Å². The average molecular weight is 238 g/mol. The van der Waals surface area contributed by atoms with Gasteiger partial charge in [0.25, 0.3) is 5.91 Å². The highest BCUT2D eigenvalue weighted by atomic mass is 16.4. The zero-order valence-electron chi connectivity index (χ0n) is 9.26. The van der Waals surface area contributed by atoms with Crippen molar-refractivity contribution in [3.05, 3.63) is 23.7 Å². The lowest BCUT2D eigenvalue weighted by Gasteiger charge is -2.19. The lowest BCUT2D eigenvalue weighted by atomic mass is 10.2. The number of carboxylic acids is 1. The lowest BCUT2D eigenvalue weighted by molar-refractivity contribution is -0.141. The molecule has 3 N–H and O–H groups in total. The Morgan fingerprint density at radius 3 is 2.88 bits per heavy atom. The number of carbonyl (C=O) groups is 2. The minimum Gasteiger partial charge on any atom is -0.480 e. The van der Waals surface area contributed by atoms with Crippen LogP contribution in [0, 0.1) is 0 Å². The molecule has 0 spiro atoms. The third-order valence-corrected chi connectivity index (χ3v) is 2.87. The van der Waals surface area contributed by atoms with Crippen LogP contribution < -0.4 is 5.73 Å². The van der Waals surface area contributed by atoms with Crippen molar-refractivity contribution >= 4 is 11.9 Å². The molecule has 1 aliphatic heterocycles. The maximum atomic E-state index is 12.0. The van der Waals surface area contributed by atoms with Crippen molar-refractivity contribution in [2.24, 2.45) is 5.73 Å². The summed E-state index contributed by atoms with van der Waals surface area (Å²) in [5.74, 6) is -0.686. The van der Waals surface area contributed by atoms with Crippen LogP contribution in [0.15, 0.2) is 16.5 Å². The number of nitrogens with zero attached hydrogens (tertiary/aromatic N) is 1. The van der Waals surface area contributed by atoms with Crippen molar-refractivity contribution in [2.45, 2.75) is 25.4 Å². The number of furan rings is 1. The molecular weight excluding hydrogens is 224 g/mol. The maximum Gasteiger partial charge on any atom is 0.326 e. The molecule has 1 atom stereocenters. The highest BCUT2D eigenvalue weighted by molar-refractivity contribution is 5.94. The molecule has 2 heterocycles. The van der Waals surface area contributed by atoms with Gasteiger partial charge >= 0.3 is 5.97 Å². The summed E-state index contributed by atoms with van der Waals surface area (Å²) in [5, 5.41) is 8.99. The Bertz CT molecular complexity index is 440. The Labute approximate surface area is 98.0 Å². The van der Waals surface area contributed by atoms with Crippen molar-refractivity contribution in [1.82, 2.24) is 4.90 Å². The molecule has 2 rings (SSSR count). The van der Waals surface area contributed by atoms with Gasteiger partial charge in [-0.3, -0.25) is 4.79 Å². The molecule has 0 aromatic carbocycles. The van der Waals surface area contributed by atoms with Gasteiger partial charge in [-0.2, -0.15) is 0 Å². The molecule has 1 fully saturated rings. The second-order valence-electron chi connectivity index (χ2n) is 3.96. The van der Waals surface area contributed by atoms with E-state index in [0.29, 0.717) is 25.1 Å². The van der Waals surface area contributed by atoms with Crippen molar-refractivity contribution in [1.29, 1.82) is 0 Å². The second-order valence-corrected chi connectivity index (χ2v) is 3.96. The summed E-state index contributed by atoms with van der Waals surface area (Å²) < 4.78 is 5.23.